The van der Waals surface area contributed by atoms with E-state index >= 15 is 0 Å². The molecule has 74 valence electrons. The van der Waals surface area contributed by atoms with E-state index in [1.165, 1.54) is 11.1 Å². The van der Waals surface area contributed by atoms with E-state index in [0.29, 0.717) is 0 Å². The smallest absolute Gasteiger partial charge is 0.285 e. The fourth-order valence-electron chi connectivity index (χ4n) is 0.791. The lowest BCUT2D eigenvalue weighted by atomic mass is 10.4. The van der Waals surface area contributed by atoms with Gasteiger partial charge < -0.3 is 0 Å². The highest BCUT2D eigenvalue weighted by atomic mass is 19.4. The topological polar surface area (TPSA) is 17.1 Å². The van der Waals surface area contributed by atoms with E-state index in [4.69, 9.17) is 0 Å². The van der Waals surface area contributed by atoms with Crippen LogP contribution in [-0.2, 0) is 4.79 Å². The molecule has 0 saturated heterocycles. The SMILES string of the molecule is C=CC(=O)C(F)(F)F.c1cc2cc-2c1. The summed E-state index contributed by atoms with van der Waals surface area (Å²) in [5.74, 6) is -1.91. The van der Waals surface area contributed by atoms with Gasteiger partial charge in [-0.1, -0.05) is 24.8 Å². The minimum absolute atomic E-state index is 0.236. The molecule has 0 saturated carbocycles. The second-order valence-corrected chi connectivity index (χ2v) is 2.65. The number of halogens is 3. The number of fused-ring (bicyclic) bond motifs is 1. The second-order valence-electron chi connectivity index (χ2n) is 2.65. The summed E-state index contributed by atoms with van der Waals surface area (Å²) in [4.78, 5) is 9.59. The van der Waals surface area contributed by atoms with Gasteiger partial charge in [0, 0.05) is 0 Å². The molecular formula is C10H7F3O. The quantitative estimate of drug-likeness (QED) is 0.647. The van der Waals surface area contributed by atoms with Gasteiger partial charge in [0.05, 0.1) is 0 Å². The highest BCUT2D eigenvalue weighted by Gasteiger charge is 2.35. The van der Waals surface area contributed by atoms with Crippen LogP contribution in [0.15, 0.2) is 36.9 Å². The molecule has 0 aromatic heterocycles. The van der Waals surface area contributed by atoms with Crippen LogP contribution in [-0.4, -0.2) is 12.0 Å². The maximum atomic E-state index is 11.0. The fraction of sp³-hybridized carbons (Fsp3) is 0.100. The Labute approximate surface area is 78.9 Å². The maximum Gasteiger partial charge on any atom is 0.454 e. The normalized spacial score (nSPS) is 11.1. The molecule has 0 spiro atoms. The number of alkyl halides is 3. The Bertz CT molecular complexity index is 349. The van der Waals surface area contributed by atoms with Crippen LogP contribution in [0.3, 0.4) is 0 Å². The highest BCUT2D eigenvalue weighted by Crippen LogP contribution is 2.32. The van der Waals surface area contributed by atoms with Crippen molar-refractivity contribution in [2.45, 2.75) is 6.18 Å². The van der Waals surface area contributed by atoms with E-state index < -0.39 is 12.0 Å². The van der Waals surface area contributed by atoms with Crippen LogP contribution in [0.25, 0.3) is 11.1 Å². The number of carbonyl (C=O) groups excluding carboxylic acids is 1. The van der Waals surface area contributed by atoms with Crippen LogP contribution in [0.1, 0.15) is 0 Å². The van der Waals surface area contributed by atoms with Crippen molar-refractivity contribution in [3.8, 4) is 11.1 Å². The van der Waals surface area contributed by atoms with E-state index in [2.05, 4.69) is 30.8 Å². The third-order valence-electron chi connectivity index (χ3n) is 1.58. The predicted octanol–water partition coefficient (Wildman–Crippen LogP) is 2.97. The molecule has 0 aliphatic heterocycles. The lowest BCUT2D eigenvalue weighted by molar-refractivity contribution is -0.165. The van der Waals surface area contributed by atoms with Crippen LogP contribution in [0.5, 0.6) is 0 Å². The van der Waals surface area contributed by atoms with Gasteiger partial charge in [-0.05, 0) is 23.3 Å². The zero-order valence-corrected chi connectivity index (χ0v) is 7.14. The number of ketones is 1. The number of rotatable bonds is 1. The molecule has 2 rings (SSSR count). The van der Waals surface area contributed by atoms with Crippen molar-refractivity contribution in [2.75, 3.05) is 0 Å². The molecule has 2 aliphatic rings. The Hall–Kier alpha value is -1.58. The Kier molecular flexibility index (Phi) is 2.74. The van der Waals surface area contributed by atoms with Crippen molar-refractivity contribution in [3.05, 3.63) is 36.9 Å². The monoisotopic (exact) mass is 200 g/mol. The summed E-state index contributed by atoms with van der Waals surface area (Å²) in [6, 6.07) is 8.48. The molecule has 4 heteroatoms. The molecule has 0 heterocycles. The Morgan fingerprint density at radius 1 is 1.29 bits per heavy atom. The van der Waals surface area contributed by atoms with Gasteiger partial charge in [0.15, 0.2) is 0 Å². The maximum absolute atomic E-state index is 11.0. The number of carbonyl (C=O) groups is 1. The van der Waals surface area contributed by atoms with Gasteiger partial charge >= 0.3 is 6.18 Å². The molecule has 0 fully saturated rings. The fourth-order valence-corrected chi connectivity index (χ4v) is 0.791. The van der Waals surface area contributed by atoms with Crippen LogP contribution < -0.4 is 0 Å². The molecule has 0 atom stereocenters. The van der Waals surface area contributed by atoms with Gasteiger partial charge in [-0.3, -0.25) is 4.79 Å². The van der Waals surface area contributed by atoms with Gasteiger partial charge in [0.2, 0.25) is 0 Å². The van der Waals surface area contributed by atoms with E-state index in [9.17, 15) is 18.0 Å². The van der Waals surface area contributed by atoms with Gasteiger partial charge in [-0.2, -0.15) is 13.2 Å². The molecule has 1 nitrogen and oxygen atoms in total. The number of benzene rings is 1. The summed E-state index contributed by atoms with van der Waals surface area (Å²) in [5, 5.41) is 0. The predicted molar refractivity (Wildman–Crippen MR) is 46.7 cm³/mol. The van der Waals surface area contributed by atoms with Crippen LogP contribution in [0, 0.1) is 0 Å². The lowest BCUT2D eigenvalue weighted by Gasteiger charge is -1.96. The minimum Gasteiger partial charge on any atom is -0.285 e. The van der Waals surface area contributed by atoms with E-state index in [0.717, 1.165) is 0 Å². The molecule has 0 amide bonds. The average Bonchev–Trinajstić information content (AvgIpc) is 2.72. The lowest BCUT2D eigenvalue weighted by Crippen LogP contribution is -2.19. The first-order valence-electron chi connectivity index (χ1n) is 3.79. The summed E-state index contributed by atoms with van der Waals surface area (Å²) >= 11 is 0. The van der Waals surface area contributed by atoms with Gasteiger partial charge in [-0.25, -0.2) is 0 Å². The zero-order valence-electron chi connectivity index (χ0n) is 7.14. The summed E-state index contributed by atoms with van der Waals surface area (Å²) in [7, 11) is 0. The van der Waals surface area contributed by atoms with Crippen molar-refractivity contribution in [1.82, 2.24) is 0 Å². The third-order valence-corrected chi connectivity index (χ3v) is 1.58. The molecule has 14 heavy (non-hydrogen) atoms. The second kappa shape index (κ2) is 3.65. The minimum atomic E-state index is -4.75. The molecule has 0 N–H and O–H groups in total. The summed E-state index contributed by atoms with van der Waals surface area (Å²) in [5.41, 5.74) is 2.85. The molecule has 0 aromatic carbocycles. The molecule has 0 radical (unpaired) electrons. The van der Waals surface area contributed by atoms with Crippen molar-refractivity contribution >= 4 is 5.78 Å². The first kappa shape index (κ1) is 10.5. The summed E-state index contributed by atoms with van der Waals surface area (Å²) in [6.07, 6.45) is -4.51. The van der Waals surface area contributed by atoms with Crippen molar-refractivity contribution < 1.29 is 18.0 Å². The molecule has 0 aromatic rings. The summed E-state index contributed by atoms with van der Waals surface area (Å²) in [6.45, 7) is 2.66. The number of hydrogen-bond donors (Lipinski definition) is 0. The Morgan fingerprint density at radius 2 is 1.79 bits per heavy atom. The van der Waals surface area contributed by atoms with Crippen LogP contribution >= 0.6 is 0 Å². The number of hydrogen-bond acceptors (Lipinski definition) is 1. The third kappa shape index (κ3) is 2.73. The van der Waals surface area contributed by atoms with Crippen molar-refractivity contribution in [3.63, 3.8) is 0 Å². The zero-order chi connectivity index (χ0) is 10.8. The van der Waals surface area contributed by atoms with E-state index in [1.807, 2.05) is 0 Å². The Morgan fingerprint density at radius 3 is 1.86 bits per heavy atom. The first-order valence-corrected chi connectivity index (χ1v) is 3.79. The van der Waals surface area contributed by atoms with E-state index in [1.54, 1.807) is 0 Å². The van der Waals surface area contributed by atoms with Crippen molar-refractivity contribution in [2.24, 2.45) is 0 Å². The van der Waals surface area contributed by atoms with Crippen LogP contribution in [0.2, 0.25) is 0 Å². The largest absolute Gasteiger partial charge is 0.454 e. The van der Waals surface area contributed by atoms with Gasteiger partial charge in [0.25, 0.3) is 5.78 Å². The first-order chi connectivity index (χ1) is 6.45. The van der Waals surface area contributed by atoms with Gasteiger partial charge in [-0.15, -0.1) is 0 Å². The van der Waals surface area contributed by atoms with Crippen molar-refractivity contribution in [1.29, 1.82) is 0 Å². The van der Waals surface area contributed by atoms with E-state index in [-0.39, 0.29) is 6.08 Å². The molecule has 0 bridgehead atoms. The average molecular weight is 200 g/mol. The molecule has 0 unspecified atom stereocenters. The summed E-state index contributed by atoms with van der Waals surface area (Å²) < 4.78 is 33.1. The Balaban J connectivity index is 0.000000143. The number of allylic oxidation sites excluding steroid dienone is 1. The highest BCUT2D eigenvalue weighted by molar-refractivity contribution is 5.93. The standard InChI is InChI=1S/C6H4.C4H3F3O/c1-2-5-4-6(5)3-1;1-2-3(8)4(5,6)7/h1-4H;2H,1H2. The molecule has 2 aliphatic carbocycles. The van der Waals surface area contributed by atoms with Crippen LogP contribution in [0.4, 0.5) is 13.2 Å². The molecular weight excluding hydrogens is 193 g/mol. The van der Waals surface area contributed by atoms with Gasteiger partial charge in [0.1, 0.15) is 0 Å².